The predicted octanol–water partition coefficient (Wildman–Crippen LogP) is 4.04. The van der Waals surface area contributed by atoms with Gasteiger partial charge in [-0.25, -0.2) is 0 Å². The summed E-state index contributed by atoms with van der Waals surface area (Å²) in [4.78, 5) is 10.2. The predicted molar refractivity (Wildman–Crippen MR) is 65.6 cm³/mol. The molecule has 0 bridgehead atoms. The van der Waals surface area contributed by atoms with Crippen molar-refractivity contribution in [2.75, 3.05) is 0 Å². The van der Waals surface area contributed by atoms with E-state index in [1.54, 1.807) is 6.08 Å². The Morgan fingerprint density at radius 2 is 1.62 bits per heavy atom. The van der Waals surface area contributed by atoms with Crippen molar-refractivity contribution in [1.82, 2.24) is 0 Å². The van der Waals surface area contributed by atoms with Crippen LogP contribution in [0.5, 0.6) is 0 Å². The maximum absolute atomic E-state index is 10.2. The first-order valence-electron chi connectivity index (χ1n) is 6.26. The maximum atomic E-state index is 10.2. The van der Waals surface area contributed by atoms with Crippen LogP contribution in [0.4, 0.5) is 0 Å². The highest BCUT2D eigenvalue weighted by Gasteiger charge is 1.99. The van der Waals surface area contributed by atoms with E-state index in [2.05, 4.69) is 6.92 Å². The zero-order valence-electron chi connectivity index (χ0n) is 10.2. The summed E-state index contributed by atoms with van der Waals surface area (Å²) in [6, 6.07) is 0. The van der Waals surface area contributed by atoms with Gasteiger partial charge >= 0.3 is 5.97 Å². The van der Waals surface area contributed by atoms with Gasteiger partial charge in [0, 0.05) is 6.42 Å². The first-order valence-corrected chi connectivity index (χ1v) is 6.26. The lowest BCUT2D eigenvalue weighted by Crippen LogP contribution is -1.95. The lowest BCUT2D eigenvalue weighted by Gasteiger charge is -1.99. The SMILES string of the molecule is CCCCCCCCC=C(O)CCC(=O)O. The number of rotatable bonds is 10. The third kappa shape index (κ3) is 11.1. The van der Waals surface area contributed by atoms with E-state index >= 15 is 0 Å². The van der Waals surface area contributed by atoms with Crippen LogP contribution in [-0.2, 0) is 4.79 Å². The zero-order chi connectivity index (χ0) is 12.2. The standard InChI is InChI=1S/C13H24O3/c1-2-3-4-5-6-7-8-9-12(14)10-11-13(15)16/h9,14H,2-8,10-11H2,1H3,(H,15,16). The quantitative estimate of drug-likeness (QED) is 0.438. The van der Waals surface area contributed by atoms with Gasteiger partial charge in [0.15, 0.2) is 0 Å². The Morgan fingerprint density at radius 3 is 2.25 bits per heavy atom. The molecule has 0 heterocycles. The van der Waals surface area contributed by atoms with Gasteiger partial charge < -0.3 is 10.2 Å². The third-order valence-electron chi connectivity index (χ3n) is 2.53. The molecule has 0 atom stereocenters. The Bertz CT molecular complexity index is 209. The van der Waals surface area contributed by atoms with E-state index in [0.717, 1.165) is 12.8 Å². The van der Waals surface area contributed by atoms with Crippen molar-refractivity contribution in [2.24, 2.45) is 0 Å². The number of carboxylic acid groups (broad SMARTS) is 1. The first kappa shape index (κ1) is 15.0. The minimum Gasteiger partial charge on any atom is -0.513 e. The molecule has 3 nitrogen and oxygen atoms in total. The smallest absolute Gasteiger partial charge is 0.303 e. The summed E-state index contributed by atoms with van der Waals surface area (Å²) in [6.45, 7) is 2.20. The zero-order valence-corrected chi connectivity index (χ0v) is 10.2. The molecule has 0 aliphatic carbocycles. The largest absolute Gasteiger partial charge is 0.513 e. The fourth-order valence-corrected chi connectivity index (χ4v) is 1.53. The van der Waals surface area contributed by atoms with Crippen LogP contribution in [0, 0.1) is 0 Å². The molecule has 0 aliphatic rings. The molecule has 0 aliphatic heterocycles. The molecule has 0 aromatic carbocycles. The number of hydrogen-bond donors (Lipinski definition) is 2. The number of aliphatic carboxylic acids is 1. The number of aliphatic hydroxyl groups is 1. The Morgan fingerprint density at radius 1 is 1.00 bits per heavy atom. The molecule has 0 aromatic rings. The van der Waals surface area contributed by atoms with E-state index < -0.39 is 5.97 Å². The van der Waals surface area contributed by atoms with Gasteiger partial charge in [-0.2, -0.15) is 0 Å². The summed E-state index contributed by atoms with van der Waals surface area (Å²) >= 11 is 0. The molecule has 3 heteroatoms. The molecular weight excluding hydrogens is 204 g/mol. The number of hydrogen-bond acceptors (Lipinski definition) is 2. The van der Waals surface area contributed by atoms with Crippen LogP contribution in [0.1, 0.15) is 64.7 Å². The van der Waals surface area contributed by atoms with E-state index in [0.29, 0.717) is 0 Å². The molecule has 0 unspecified atom stereocenters. The fraction of sp³-hybridized carbons (Fsp3) is 0.769. The summed E-state index contributed by atoms with van der Waals surface area (Å²) in [5.41, 5.74) is 0. The summed E-state index contributed by atoms with van der Waals surface area (Å²) < 4.78 is 0. The lowest BCUT2D eigenvalue weighted by molar-refractivity contribution is -0.137. The molecule has 0 radical (unpaired) electrons. The Kier molecular flexibility index (Phi) is 9.87. The summed E-state index contributed by atoms with van der Waals surface area (Å²) in [5.74, 6) is -0.643. The maximum Gasteiger partial charge on any atom is 0.303 e. The van der Waals surface area contributed by atoms with Crippen LogP contribution in [0.15, 0.2) is 11.8 Å². The van der Waals surface area contributed by atoms with Crippen LogP contribution in [0.3, 0.4) is 0 Å². The van der Waals surface area contributed by atoms with Gasteiger partial charge in [0.05, 0.1) is 12.2 Å². The van der Waals surface area contributed by atoms with Crippen molar-refractivity contribution in [2.45, 2.75) is 64.7 Å². The van der Waals surface area contributed by atoms with E-state index in [1.165, 1.54) is 32.1 Å². The summed E-state index contributed by atoms with van der Waals surface area (Å²) in [7, 11) is 0. The van der Waals surface area contributed by atoms with Crippen molar-refractivity contribution in [3.05, 3.63) is 11.8 Å². The van der Waals surface area contributed by atoms with Crippen molar-refractivity contribution >= 4 is 5.97 Å². The van der Waals surface area contributed by atoms with Crippen LogP contribution in [-0.4, -0.2) is 16.2 Å². The van der Waals surface area contributed by atoms with Crippen molar-refractivity contribution in [3.8, 4) is 0 Å². The minimum atomic E-state index is -0.862. The van der Waals surface area contributed by atoms with Gasteiger partial charge in [0.25, 0.3) is 0 Å². The Hall–Kier alpha value is -0.990. The monoisotopic (exact) mass is 228 g/mol. The van der Waals surface area contributed by atoms with Gasteiger partial charge in [-0.3, -0.25) is 4.79 Å². The normalized spacial score (nSPS) is 11.7. The molecule has 0 rings (SSSR count). The van der Waals surface area contributed by atoms with Crippen LogP contribution >= 0.6 is 0 Å². The minimum absolute atomic E-state index is 0.0127. The third-order valence-corrected chi connectivity index (χ3v) is 2.53. The molecule has 2 N–H and O–H groups in total. The van der Waals surface area contributed by atoms with E-state index in [-0.39, 0.29) is 18.6 Å². The highest BCUT2D eigenvalue weighted by atomic mass is 16.4. The molecule has 0 saturated carbocycles. The average molecular weight is 228 g/mol. The summed E-state index contributed by atoms with van der Waals surface area (Å²) in [6.07, 6.45) is 10.3. The van der Waals surface area contributed by atoms with Gasteiger partial charge in [-0.05, 0) is 18.9 Å². The van der Waals surface area contributed by atoms with E-state index in [4.69, 9.17) is 5.11 Å². The van der Waals surface area contributed by atoms with Crippen molar-refractivity contribution in [3.63, 3.8) is 0 Å². The highest BCUT2D eigenvalue weighted by molar-refractivity contribution is 5.66. The second kappa shape index (κ2) is 10.5. The molecule has 0 saturated heterocycles. The van der Waals surface area contributed by atoms with Crippen molar-refractivity contribution < 1.29 is 15.0 Å². The number of unbranched alkanes of at least 4 members (excludes halogenated alkanes) is 6. The molecule has 0 fully saturated rings. The van der Waals surface area contributed by atoms with Gasteiger partial charge in [-0.1, -0.05) is 39.0 Å². The average Bonchev–Trinajstić information content (AvgIpc) is 2.25. The van der Waals surface area contributed by atoms with Gasteiger partial charge in [0.1, 0.15) is 0 Å². The summed E-state index contributed by atoms with van der Waals surface area (Å²) in [5, 5.41) is 17.8. The highest BCUT2D eigenvalue weighted by Crippen LogP contribution is 2.09. The van der Waals surface area contributed by atoms with Crippen LogP contribution in [0.2, 0.25) is 0 Å². The second-order valence-electron chi connectivity index (χ2n) is 4.15. The number of carbonyl (C=O) groups is 1. The fourth-order valence-electron chi connectivity index (χ4n) is 1.53. The Labute approximate surface area is 98.2 Å². The van der Waals surface area contributed by atoms with E-state index in [9.17, 15) is 9.90 Å². The van der Waals surface area contributed by atoms with Gasteiger partial charge in [-0.15, -0.1) is 0 Å². The topological polar surface area (TPSA) is 57.5 Å². The molecular formula is C13H24O3. The number of aliphatic hydroxyl groups excluding tert-OH is 1. The molecule has 0 amide bonds. The lowest BCUT2D eigenvalue weighted by atomic mass is 10.1. The van der Waals surface area contributed by atoms with Gasteiger partial charge in [0.2, 0.25) is 0 Å². The van der Waals surface area contributed by atoms with Crippen molar-refractivity contribution in [1.29, 1.82) is 0 Å². The van der Waals surface area contributed by atoms with E-state index in [1.807, 2.05) is 0 Å². The molecule has 16 heavy (non-hydrogen) atoms. The van der Waals surface area contributed by atoms with Crippen LogP contribution < -0.4 is 0 Å². The number of allylic oxidation sites excluding steroid dienone is 2. The number of carboxylic acids is 1. The second-order valence-corrected chi connectivity index (χ2v) is 4.15. The Balaban J connectivity index is 3.33. The molecule has 0 aromatic heterocycles. The molecule has 94 valence electrons. The molecule has 0 spiro atoms. The van der Waals surface area contributed by atoms with Crippen LogP contribution in [0.25, 0.3) is 0 Å². The first-order chi connectivity index (χ1) is 7.66.